The summed E-state index contributed by atoms with van der Waals surface area (Å²) in [7, 11) is 2.97. The third-order valence-corrected chi connectivity index (χ3v) is 3.42. The molecule has 0 fully saturated rings. The molecule has 126 valence electrons. The van der Waals surface area contributed by atoms with Gasteiger partial charge in [0.2, 0.25) is 5.78 Å². The zero-order chi connectivity index (χ0) is 18.4. The Labute approximate surface area is 143 Å². The van der Waals surface area contributed by atoms with Crippen molar-refractivity contribution >= 4 is 17.5 Å². The Morgan fingerprint density at radius 2 is 1.96 bits per heavy atom. The molecule has 0 saturated heterocycles. The van der Waals surface area contributed by atoms with Crippen molar-refractivity contribution in [2.24, 2.45) is 0 Å². The second kappa shape index (κ2) is 7.75. The van der Waals surface area contributed by atoms with Gasteiger partial charge in [-0.05, 0) is 18.2 Å². The third-order valence-electron chi connectivity index (χ3n) is 3.42. The first-order valence-corrected chi connectivity index (χ1v) is 7.13. The Morgan fingerprint density at radius 3 is 2.56 bits per heavy atom. The Morgan fingerprint density at radius 1 is 1.20 bits per heavy atom. The van der Waals surface area contributed by atoms with E-state index < -0.39 is 10.7 Å². The van der Waals surface area contributed by atoms with Crippen LogP contribution in [-0.4, -0.2) is 24.9 Å². The van der Waals surface area contributed by atoms with Crippen molar-refractivity contribution in [2.75, 3.05) is 14.2 Å². The highest BCUT2D eigenvalue weighted by atomic mass is 16.6. The quantitative estimate of drug-likeness (QED) is 0.263. The highest BCUT2D eigenvalue weighted by Crippen LogP contribution is 2.27. The summed E-state index contributed by atoms with van der Waals surface area (Å²) in [6.45, 7) is 0. The van der Waals surface area contributed by atoms with Crippen LogP contribution in [0.2, 0.25) is 0 Å². The molecule has 0 radical (unpaired) electrons. The largest absolute Gasteiger partial charge is 0.497 e. The van der Waals surface area contributed by atoms with Crippen LogP contribution in [0.4, 0.5) is 5.69 Å². The summed E-state index contributed by atoms with van der Waals surface area (Å²) in [4.78, 5) is 22.7. The van der Waals surface area contributed by atoms with E-state index in [0.29, 0.717) is 17.1 Å². The molecule has 0 amide bonds. The average Bonchev–Trinajstić information content (AvgIpc) is 2.65. The summed E-state index contributed by atoms with van der Waals surface area (Å²) in [6, 6.07) is 12.0. The predicted molar refractivity (Wildman–Crippen MR) is 90.6 cm³/mol. The normalized spacial score (nSPS) is 10.7. The maximum Gasteiger partial charge on any atom is 0.270 e. The molecule has 25 heavy (non-hydrogen) atoms. The van der Waals surface area contributed by atoms with Gasteiger partial charge in [-0.15, -0.1) is 0 Å². The molecule has 0 aromatic heterocycles. The number of methoxy groups -OCH3 is 2. The van der Waals surface area contributed by atoms with Gasteiger partial charge in [-0.3, -0.25) is 14.9 Å². The van der Waals surface area contributed by atoms with E-state index in [2.05, 4.69) is 0 Å². The SMILES string of the molecule is COc1ccc(C=C(C#N)C(=O)c2cccc([N+](=O)[O-])c2)c(OC)c1. The fraction of sp³-hybridized carbons (Fsp3) is 0.111. The maximum absolute atomic E-state index is 12.5. The molecule has 0 saturated carbocycles. The van der Waals surface area contributed by atoms with Crippen molar-refractivity contribution in [3.63, 3.8) is 0 Å². The lowest BCUT2D eigenvalue weighted by Crippen LogP contribution is -2.03. The monoisotopic (exact) mass is 338 g/mol. The molecule has 0 aliphatic carbocycles. The Bertz CT molecular complexity index is 897. The summed E-state index contributed by atoms with van der Waals surface area (Å²) in [6.07, 6.45) is 1.37. The molecule has 0 aliphatic heterocycles. The Hall–Kier alpha value is -3.66. The highest BCUT2D eigenvalue weighted by Gasteiger charge is 2.16. The molecular weight excluding hydrogens is 324 g/mol. The van der Waals surface area contributed by atoms with Crippen LogP contribution in [0, 0.1) is 21.4 Å². The van der Waals surface area contributed by atoms with Gasteiger partial charge in [0, 0.05) is 29.3 Å². The topological polar surface area (TPSA) is 102 Å². The number of nitro benzene ring substituents is 1. The number of hydrogen-bond acceptors (Lipinski definition) is 6. The van der Waals surface area contributed by atoms with Gasteiger partial charge < -0.3 is 9.47 Å². The molecule has 0 unspecified atom stereocenters. The van der Waals surface area contributed by atoms with Crippen molar-refractivity contribution in [1.82, 2.24) is 0 Å². The molecule has 0 aliphatic rings. The van der Waals surface area contributed by atoms with E-state index in [4.69, 9.17) is 9.47 Å². The molecule has 0 heterocycles. The van der Waals surface area contributed by atoms with E-state index in [9.17, 15) is 20.2 Å². The lowest BCUT2D eigenvalue weighted by molar-refractivity contribution is -0.384. The summed E-state index contributed by atoms with van der Waals surface area (Å²) >= 11 is 0. The molecule has 7 heteroatoms. The number of allylic oxidation sites excluding steroid dienone is 1. The van der Waals surface area contributed by atoms with Gasteiger partial charge in [0.05, 0.1) is 19.1 Å². The van der Waals surface area contributed by atoms with Crippen LogP contribution in [0.5, 0.6) is 11.5 Å². The van der Waals surface area contributed by atoms with Gasteiger partial charge in [0.25, 0.3) is 5.69 Å². The first kappa shape index (κ1) is 17.7. The van der Waals surface area contributed by atoms with E-state index in [1.165, 1.54) is 38.5 Å². The van der Waals surface area contributed by atoms with Gasteiger partial charge in [0.1, 0.15) is 23.1 Å². The zero-order valence-electron chi connectivity index (χ0n) is 13.6. The molecule has 2 rings (SSSR count). The molecule has 0 N–H and O–H groups in total. The van der Waals surface area contributed by atoms with E-state index in [1.807, 2.05) is 6.07 Å². The van der Waals surface area contributed by atoms with Gasteiger partial charge >= 0.3 is 0 Å². The summed E-state index contributed by atoms with van der Waals surface area (Å²) < 4.78 is 10.3. The van der Waals surface area contributed by atoms with E-state index in [0.717, 1.165) is 6.07 Å². The van der Waals surface area contributed by atoms with Crippen LogP contribution < -0.4 is 9.47 Å². The molecule has 2 aromatic carbocycles. The number of Topliss-reactive ketones (excluding diaryl/α,β-unsaturated/α-hetero) is 1. The van der Waals surface area contributed by atoms with Crippen LogP contribution >= 0.6 is 0 Å². The number of nitrogens with zero attached hydrogens (tertiary/aromatic N) is 2. The maximum atomic E-state index is 12.5. The summed E-state index contributed by atoms with van der Waals surface area (Å²) in [5.74, 6) is 0.389. The number of nitro groups is 1. The average molecular weight is 338 g/mol. The summed E-state index contributed by atoms with van der Waals surface area (Å²) in [5, 5.41) is 20.2. The first-order valence-electron chi connectivity index (χ1n) is 7.13. The third kappa shape index (κ3) is 4.00. The minimum Gasteiger partial charge on any atom is -0.497 e. The number of benzene rings is 2. The van der Waals surface area contributed by atoms with Crippen LogP contribution in [0.25, 0.3) is 6.08 Å². The van der Waals surface area contributed by atoms with Crippen molar-refractivity contribution in [1.29, 1.82) is 5.26 Å². The number of carbonyl (C=O) groups excluding carboxylic acids is 1. The molecule has 2 aromatic rings. The Kier molecular flexibility index (Phi) is 5.48. The minimum absolute atomic E-state index is 0.0643. The van der Waals surface area contributed by atoms with Crippen LogP contribution in [0.3, 0.4) is 0 Å². The fourth-order valence-corrected chi connectivity index (χ4v) is 2.16. The second-order valence-electron chi connectivity index (χ2n) is 4.91. The lowest BCUT2D eigenvalue weighted by Gasteiger charge is -2.08. The second-order valence-corrected chi connectivity index (χ2v) is 4.91. The predicted octanol–water partition coefficient (Wildman–Crippen LogP) is 3.40. The Balaban J connectivity index is 2.44. The van der Waals surface area contributed by atoms with E-state index in [1.54, 1.807) is 18.2 Å². The highest BCUT2D eigenvalue weighted by molar-refractivity contribution is 6.14. The lowest BCUT2D eigenvalue weighted by atomic mass is 10.0. The minimum atomic E-state index is -0.607. The number of ether oxygens (including phenoxy) is 2. The molecule has 7 nitrogen and oxygen atoms in total. The van der Waals surface area contributed by atoms with Gasteiger partial charge in [-0.1, -0.05) is 12.1 Å². The van der Waals surface area contributed by atoms with Gasteiger partial charge in [-0.2, -0.15) is 5.26 Å². The molecular formula is C18H14N2O5. The van der Waals surface area contributed by atoms with Crippen LogP contribution in [0.15, 0.2) is 48.0 Å². The van der Waals surface area contributed by atoms with Crippen LogP contribution in [0.1, 0.15) is 15.9 Å². The number of non-ortho nitro benzene ring substituents is 1. The molecule has 0 atom stereocenters. The molecule has 0 spiro atoms. The fourth-order valence-electron chi connectivity index (χ4n) is 2.16. The van der Waals surface area contributed by atoms with Crippen LogP contribution in [-0.2, 0) is 0 Å². The van der Waals surface area contributed by atoms with Crippen molar-refractivity contribution < 1.29 is 19.2 Å². The number of hydrogen-bond donors (Lipinski definition) is 0. The number of carbonyl (C=O) groups is 1. The van der Waals surface area contributed by atoms with Gasteiger partial charge in [0.15, 0.2) is 0 Å². The number of ketones is 1. The number of nitriles is 1. The molecule has 0 bridgehead atoms. The van der Waals surface area contributed by atoms with E-state index >= 15 is 0 Å². The van der Waals surface area contributed by atoms with Gasteiger partial charge in [-0.25, -0.2) is 0 Å². The number of rotatable bonds is 6. The van der Waals surface area contributed by atoms with E-state index in [-0.39, 0.29) is 16.8 Å². The van der Waals surface area contributed by atoms with Crippen molar-refractivity contribution in [3.8, 4) is 17.6 Å². The smallest absolute Gasteiger partial charge is 0.270 e. The standard InChI is InChI=1S/C18H14N2O5/c1-24-16-7-6-12(17(10-16)25-2)8-14(11-19)18(21)13-4-3-5-15(9-13)20(22)23/h3-10H,1-2H3. The van der Waals surface area contributed by atoms with Crippen molar-refractivity contribution in [3.05, 3.63) is 69.3 Å². The van der Waals surface area contributed by atoms with Crippen molar-refractivity contribution in [2.45, 2.75) is 0 Å². The summed E-state index contributed by atoms with van der Waals surface area (Å²) in [5.41, 5.74) is 0.197. The zero-order valence-corrected chi connectivity index (χ0v) is 13.6. The first-order chi connectivity index (χ1) is 12.0.